The normalized spacial score (nSPS) is 13.8. The highest BCUT2D eigenvalue weighted by atomic mass is 79.9. The molecule has 0 saturated heterocycles. The molecule has 0 aromatic carbocycles. The van der Waals surface area contributed by atoms with E-state index in [9.17, 15) is 13.2 Å². The van der Waals surface area contributed by atoms with Crippen LogP contribution in [-0.4, -0.2) is 35.6 Å². The summed E-state index contributed by atoms with van der Waals surface area (Å²) in [5, 5.41) is 7.39. The van der Waals surface area contributed by atoms with E-state index in [2.05, 4.69) is 15.9 Å². The predicted molar refractivity (Wildman–Crippen MR) is 74.1 cm³/mol. The Morgan fingerprint density at radius 3 is 2.56 bits per heavy atom. The molecule has 0 aliphatic carbocycles. The number of rotatable bonds is 6. The number of halogens is 1. The fourth-order valence-electron chi connectivity index (χ4n) is 1.34. The lowest BCUT2D eigenvalue weighted by Gasteiger charge is -2.22. The molecule has 0 aliphatic rings. The highest BCUT2D eigenvalue weighted by molar-refractivity contribution is 9.11. The molecule has 1 rings (SSSR count). The second-order valence-electron chi connectivity index (χ2n) is 3.66. The van der Waals surface area contributed by atoms with Crippen molar-refractivity contribution >= 4 is 43.3 Å². The van der Waals surface area contributed by atoms with Crippen LogP contribution in [0.1, 0.15) is 18.7 Å². The quantitative estimate of drug-likeness (QED) is 0.847. The van der Waals surface area contributed by atoms with E-state index in [1.54, 1.807) is 6.92 Å². The van der Waals surface area contributed by atoms with Gasteiger partial charge in [-0.25, -0.2) is 8.42 Å². The molecule has 0 bridgehead atoms. The Morgan fingerprint density at radius 1 is 1.56 bits per heavy atom. The summed E-state index contributed by atoms with van der Waals surface area (Å²) in [4.78, 5) is 11.7. The first-order chi connectivity index (χ1) is 8.28. The number of thiophene rings is 1. The number of carbonyl (C=O) groups is 1. The summed E-state index contributed by atoms with van der Waals surface area (Å²) in [5.74, 6) is -1.33. The zero-order valence-electron chi connectivity index (χ0n) is 9.96. The fourth-order valence-corrected chi connectivity index (χ4v) is 4.30. The maximum absolute atomic E-state index is 12.1. The van der Waals surface area contributed by atoms with Gasteiger partial charge >= 0.3 is 5.97 Å². The maximum atomic E-state index is 12.1. The largest absolute Gasteiger partial charge is 0.480 e. The van der Waals surface area contributed by atoms with Crippen molar-refractivity contribution in [3.05, 3.63) is 20.8 Å². The van der Waals surface area contributed by atoms with Gasteiger partial charge in [0.05, 0.1) is 3.79 Å². The van der Waals surface area contributed by atoms with Crippen LogP contribution in [0.25, 0.3) is 0 Å². The highest BCUT2D eigenvalue weighted by Gasteiger charge is 2.33. The molecule has 0 spiro atoms. The van der Waals surface area contributed by atoms with Crippen LogP contribution in [0.2, 0.25) is 0 Å². The van der Waals surface area contributed by atoms with E-state index in [1.807, 2.05) is 12.1 Å². The molecule has 1 heterocycles. The van der Waals surface area contributed by atoms with Crippen molar-refractivity contribution in [3.8, 4) is 0 Å². The van der Waals surface area contributed by atoms with Gasteiger partial charge in [0.2, 0.25) is 10.0 Å². The van der Waals surface area contributed by atoms with E-state index in [-0.39, 0.29) is 13.1 Å². The third-order valence-corrected chi connectivity index (χ3v) is 6.28. The van der Waals surface area contributed by atoms with Crippen molar-refractivity contribution in [2.75, 3.05) is 6.54 Å². The summed E-state index contributed by atoms with van der Waals surface area (Å²) >= 11 is 4.73. The molecule has 1 unspecified atom stereocenters. The number of carboxylic acid groups (broad SMARTS) is 1. The van der Waals surface area contributed by atoms with Crippen LogP contribution in [0, 0.1) is 0 Å². The molecule has 1 N–H and O–H groups in total. The fraction of sp³-hybridized carbons (Fsp3) is 0.500. The Balaban J connectivity index is 2.93. The third kappa shape index (κ3) is 3.53. The summed E-state index contributed by atoms with van der Waals surface area (Å²) in [6.45, 7) is 3.32. The summed E-state index contributed by atoms with van der Waals surface area (Å²) in [6, 6.07) is 3.65. The lowest BCUT2D eigenvalue weighted by atomic mass is 10.4. The molecule has 0 aliphatic heterocycles. The van der Waals surface area contributed by atoms with Crippen LogP contribution in [0.4, 0.5) is 0 Å². The summed E-state index contributed by atoms with van der Waals surface area (Å²) in [7, 11) is -3.81. The van der Waals surface area contributed by atoms with Gasteiger partial charge in [0.25, 0.3) is 0 Å². The zero-order valence-corrected chi connectivity index (χ0v) is 13.2. The first-order valence-electron chi connectivity index (χ1n) is 5.25. The maximum Gasteiger partial charge on any atom is 0.323 e. The monoisotopic (exact) mass is 355 g/mol. The molecule has 0 radical (unpaired) electrons. The Bertz CT molecular complexity index is 526. The number of carboxylic acids is 1. The van der Waals surface area contributed by atoms with Gasteiger partial charge in [0, 0.05) is 18.0 Å². The van der Waals surface area contributed by atoms with Crippen molar-refractivity contribution in [1.82, 2.24) is 4.31 Å². The lowest BCUT2D eigenvalue weighted by molar-refractivity contribution is -0.136. The molecule has 0 saturated carbocycles. The van der Waals surface area contributed by atoms with Gasteiger partial charge in [-0.3, -0.25) is 4.79 Å². The van der Waals surface area contributed by atoms with Gasteiger partial charge in [0.15, 0.2) is 5.25 Å². The molecule has 18 heavy (non-hydrogen) atoms. The minimum Gasteiger partial charge on any atom is -0.480 e. The van der Waals surface area contributed by atoms with E-state index >= 15 is 0 Å². The molecule has 1 atom stereocenters. The minimum absolute atomic E-state index is 0.201. The Morgan fingerprint density at radius 2 is 2.17 bits per heavy atom. The average molecular weight is 356 g/mol. The molecule has 1 aromatic heterocycles. The van der Waals surface area contributed by atoms with Crippen LogP contribution >= 0.6 is 27.3 Å². The minimum atomic E-state index is -3.81. The van der Waals surface area contributed by atoms with Crippen LogP contribution in [-0.2, 0) is 21.4 Å². The predicted octanol–water partition coefficient (Wildman–Crippen LogP) is 2.14. The molecular weight excluding hydrogens is 342 g/mol. The van der Waals surface area contributed by atoms with Crippen LogP contribution in [0.5, 0.6) is 0 Å². The number of hydrogen-bond donors (Lipinski definition) is 1. The number of nitrogens with zero attached hydrogens (tertiary/aromatic N) is 1. The van der Waals surface area contributed by atoms with E-state index in [1.165, 1.54) is 22.6 Å². The number of aliphatic carboxylic acids is 1. The van der Waals surface area contributed by atoms with Crippen LogP contribution in [0.15, 0.2) is 15.9 Å². The van der Waals surface area contributed by atoms with E-state index in [0.29, 0.717) is 0 Å². The number of hydrogen-bond acceptors (Lipinski definition) is 4. The van der Waals surface area contributed by atoms with E-state index in [4.69, 9.17) is 5.11 Å². The van der Waals surface area contributed by atoms with Crippen LogP contribution in [0.3, 0.4) is 0 Å². The van der Waals surface area contributed by atoms with Crippen LogP contribution < -0.4 is 0 Å². The van der Waals surface area contributed by atoms with E-state index in [0.717, 1.165) is 8.66 Å². The summed E-state index contributed by atoms with van der Waals surface area (Å²) in [6.07, 6.45) is 0. The highest BCUT2D eigenvalue weighted by Crippen LogP contribution is 2.24. The van der Waals surface area contributed by atoms with Gasteiger partial charge in [0.1, 0.15) is 0 Å². The van der Waals surface area contributed by atoms with Gasteiger partial charge in [-0.15, -0.1) is 11.3 Å². The number of sulfonamides is 1. The van der Waals surface area contributed by atoms with Crippen molar-refractivity contribution in [1.29, 1.82) is 0 Å². The zero-order chi connectivity index (χ0) is 13.9. The van der Waals surface area contributed by atoms with Crippen molar-refractivity contribution < 1.29 is 18.3 Å². The van der Waals surface area contributed by atoms with Gasteiger partial charge in [-0.05, 0) is 35.0 Å². The molecule has 0 amide bonds. The standard InChI is InChI=1S/C10H14BrNO4S2/c1-3-12(6-8-4-5-9(11)17-8)18(15,16)7(2)10(13)14/h4-5,7H,3,6H2,1-2H3,(H,13,14). The van der Waals surface area contributed by atoms with Crippen molar-refractivity contribution in [2.45, 2.75) is 25.6 Å². The summed E-state index contributed by atoms with van der Waals surface area (Å²) in [5.41, 5.74) is 0. The molecule has 8 heteroatoms. The van der Waals surface area contributed by atoms with Gasteiger partial charge < -0.3 is 5.11 Å². The molecule has 102 valence electrons. The first-order valence-corrected chi connectivity index (χ1v) is 8.36. The topological polar surface area (TPSA) is 74.7 Å². The van der Waals surface area contributed by atoms with Gasteiger partial charge in [-0.2, -0.15) is 4.31 Å². The second kappa shape index (κ2) is 6.14. The Labute approximate surface area is 119 Å². The SMILES string of the molecule is CCN(Cc1ccc(Br)s1)S(=O)(=O)C(C)C(=O)O. The smallest absolute Gasteiger partial charge is 0.323 e. The first kappa shape index (κ1) is 15.6. The molecule has 1 aromatic rings. The molecule has 0 fully saturated rings. The Hall–Kier alpha value is -0.440. The summed E-state index contributed by atoms with van der Waals surface area (Å²) < 4.78 is 26.2. The second-order valence-corrected chi connectivity index (χ2v) is 8.46. The lowest BCUT2D eigenvalue weighted by Crippen LogP contribution is -2.40. The molecule has 5 nitrogen and oxygen atoms in total. The Kier molecular flexibility index (Phi) is 5.32. The molecular formula is C10H14BrNO4S2. The van der Waals surface area contributed by atoms with Gasteiger partial charge in [-0.1, -0.05) is 6.92 Å². The third-order valence-electron chi connectivity index (χ3n) is 2.47. The van der Waals surface area contributed by atoms with Crippen molar-refractivity contribution in [2.24, 2.45) is 0 Å². The van der Waals surface area contributed by atoms with Crippen molar-refractivity contribution in [3.63, 3.8) is 0 Å². The van der Waals surface area contributed by atoms with E-state index < -0.39 is 21.2 Å². The average Bonchev–Trinajstić information content (AvgIpc) is 2.70.